The monoisotopic (exact) mass is 232 g/mol. The van der Waals surface area contributed by atoms with Crippen molar-refractivity contribution in [1.29, 1.82) is 0 Å². The fraction of sp³-hybridized carbons (Fsp3) is 0.909. The fourth-order valence-electron chi connectivity index (χ4n) is 1.13. The third-order valence-corrected chi connectivity index (χ3v) is 3.10. The van der Waals surface area contributed by atoms with Crippen LogP contribution in [0.5, 0.6) is 0 Å². The summed E-state index contributed by atoms with van der Waals surface area (Å²) in [6, 6.07) is 0.107. The lowest BCUT2D eigenvalue weighted by Crippen LogP contribution is -2.46. The summed E-state index contributed by atoms with van der Waals surface area (Å²) in [5.74, 6) is 2.35. The molecule has 0 rings (SSSR count). The molecule has 3 N–H and O–H groups in total. The number of amides is 1. The highest BCUT2D eigenvalue weighted by Crippen LogP contribution is 2.10. The molecule has 0 aliphatic carbocycles. The van der Waals surface area contributed by atoms with Crippen LogP contribution in [-0.4, -0.2) is 29.5 Å². The van der Waals surface area contributed by atoms with Crippen LogP contribution in [0, 0.1) is 5.92 Å². The Morgan fingerprint density at radius 3 is 2.33 bits per heavy atom. The van der Waals surface area contributed by atoms with Gasteiger partial charge in [-0.1, -0.05) is 27.7 Å². The molecule has 0 radical (unpaired) electrons. The van der Waals surface area contributed by atoms with Crippen molar-refractivity contribution in [2.24, 2.45) is 11.7 Å². The van der Waals surface area contributed by atoms with Crippen LogP contribution in [0.25, 0.3) is 0 Å². The minimum absolute atomic E-state index is 0.192. The van der Waals surface area contributed by atoms with E-state index in [9.17, 15) is 4.79 Å². The van der Waals surface area contributed by atoms with Crippen molar-refractivity contribution in [2.75, 3.05) is 11.5 Å². The van der Waals surface area contributed by atoms with Crippen LogP contribution in [0.2, 0.25) is 0 Å². The van der Waals surface area contributed by atoms with E-state index in [1.54, 1.807) is 11.8 Å². The molecule has 0 fully saturated rings. The van der Waals surface area contributed by atoms with Gasteiger partial charge < -0.3 is 11.1 Å². The predicted molar refractivity (Wildman–Crippen MR) is 68.0 cm³/mol. The predicted octanol–water partition coefficient (Wildman–Crippen LogP) is 1.62. The summed E-state index contributed by atoms with van der Waals surface area (Å²) in [5.41, 5.74) is 5.31. The Bertz CT molecular complexity index is 183. The molecule has 0 saturated carbocycles. The molecule has 0 aromatic heterocycles. The van der Waals surface area contributed by atoms with Crippen LogP contribution in [0.3, 0.4) is 0 Å². The van der Waals surface area contributed by atoms with E-state index < -0.39 is 0 Å². The molecule has 1 atom stereocenters. The molecule has 0 bridgehead atoms. The first kappa shape index (κ1) is 14.8. The van der Waals surface area contributed by atoms with Crippen LogP contribution >= 0.6 is 11.8 Å². The van der Waals surface area contributed by atoms with E-state index in [1.807, 2.05) is 13.8 Å². The summed E-state index contributed by atoms with van der Waals surface area (Å²) in [4.78, 5) is 11.1. The maximum Gasteiger partial charge on any atom is 0.235 e. The first-order valence-corrected chi connectivity index (χ1v) is 6.72. The molecule has 90 valence electrons. The average Bonchev–Trinajstić information content (AvgIpc) is 2.08. The molecular weight excluding hydrogens is 208 g/mol. The summed E-state index contributed by atoms with van der Waals surface area (Å²) >= 11 is 1.80. The van der Waals surface area contributed by atoms with Crippen molar-refractivity contribution < 1.29 is 4.79 Å². The molecule has 0 heterocycles. The molecule has 15 heavy (non-hydrogen) atoms. The van der Waals surface area contributed by atoms with Crippen molar-refractivity contribution >= 4 is 17.7 Å². The van der Waals surface area contributed by atoms with Crippen LogP contribution in [-0.2, 0) is 4.79 Å². The molecule has 1 amide bonds. The zero-order valence-electron chi connectivity index (χ0n) is 10.2. The highest BCUT2D eigenvalue weighted by Gasteiger charge is 2.15. The number of carbonyl (C=O) groups excluding carboxylic acids is 1. The summed E-state index contributed by atoms with van der Waals surface area (Å²) in [5, 5.41) is 3.17. The second-order valence-electron chi connectivity index (χ2n) is 4.53. The summed E-state index contributed by atoms with van der Waals surface area (Å²) in [7, 11) is 0. The van der Waals surface area contributed by atoms with Gasteiger partial charge in [-0.05, 0) is 18.1 Å². The van der Waals surface area contributed by atoms with E-state index in [2.05, 4.69) is 19.2 Å². The van der Waals surface area contributed by atoms with Crippen molar-refractivity contribution in [3.63, 3.8) is 0 Å². The second-order valence-corrected chi connectivity index (χ2v) is 5.68. The standard InChI is InChI=1S/C11H24N2OS/c1-8(2)5-6-15-7-10(11(12)14)13-9(3)4/h8-10,13H,5-7H2,1-4H3,(H2,12,14). The molecule has 0 aliphatic heterocycles. The van der Waals surface area contributed by atoms with E-state index in [-0.39, 0.29) is 11.9 Å². The fourth-order valence-corrected chi connectivity index (χ4v) is 2.44. The summed E-state index contributed by atoms with van der Waals surface area (Å²) in [6.07, 6.45) is 1.19. The smallest absolute Gasteiger partial charge is 0.235 e. The molecule has 3 nitrogen and oxygen atoms in total. The maximum absolute atomic E-state index is 11.1. The lowest BCUT2D eigenvalue weighted by atomic mass is 10.2. The van der Waals surface area contributed by atoms with Gasteiger partial charge in [0.05, 0.1) is 6.04 Å². The number of nitrogens with one attached hydrogen (secondary N) is 1. The zero-order chi connectivity index (χ0) is 11.8. The Labute approximate surface area is 97.6 Å². The van der Waals surface area contributed by atoms with Crippen molar-refractivity contribution in [3.05, 3.63) is 0 Å². The van der Waals surface area contributed by atoms with Gasteiger partial charge in [0.1, 0.15) is 0 Å². The molecule has 0 saturated heterocycles. The highest BCUT2D eigenvalue weighted by atomic mass is 32.2. The van der Waals surface area contributed by atoms with E-state index in [1.165, 1.54) is 6.42 Å². The second kappa shape index (κ2) is 7.99. The van der Waals surface area contributed by atoms with Gasteiger partial charge in [-0.2, -0.15) is 11.8 Å². The largest absolute Gasteiger partial charge is 0.368 e. The van der Waals surface area contributed by atoms with Gasteiger partial charge in [0.2, 0.25) is 5.91 Å². The van der Waals surface area contributed by atoms with Crippen molar-refractivity contribution in [2.45, 2.75) is 46.2 Å². The molecule has 0 aromatic carbocycles. The van der Waals surface area contributed by atoms with Gasteiger partial charge in [0.25, 0.3) is 0 Å². The molecule has 0 aromatic rings. The van der Waals surface area contributed by atoms with Gasteiger partial charge in [0.15, 0.2) is 0 Å². The molecule has 0 spiro atoms. The lowest BCUT2D eigenvalue weighted by Gasteiger charge is -2.17. The van der Waals surface area contributed by atoms with E-state index in [4.69, 9.17) is 5.73 Å². The van der Waals surface area contributed by atoms with Gasteiger partial charge in [-0.25, -0.2) is 0 Å². The first-order chi connectivity index (χ1) is 6.93. The Morgan fingerprint density at radius 1 is 1.33 bits per heavy atom. The molecule has 4 heteroatoms. The number of carbonyl (C=O) groups is 1. The average molecular weight is 232 g/mol. The minimum Gasteiger partial charge on any atom is -0.368 e. The van der Waals surface area contributed by atoms with Crippen LogP contribution in [0.1, 0.15) is 34.1 Å². The molecule has 1 unspecified atom stereocenters. The maximum atomic E-state index is 11.1. The topological polar surface area (TPSA) is 55.1 Å². The minimum atomic E-state index is -0.249. The van der Waals surface area contributed by atoms with Crippen molar-refractivity contribution in [3.8, 4) is 0 Å². The van der Waals surface area contributed by atoms with Crippen LogP contribution in [0.4, 0.5) is 0 Å². The quantitative estimate of drug-likeness (QED) is 0.625. The highest BCUT2D eigenvalue weighted by molar-refractivity contribution is 7.99. The Morgan fingerprint density at radius 2 is 1.93 bits per heavy atom. The summed E-state index contributed by atoms with van der Waals surface area (Å²) < 4.78 is 0. The number of thioether (sulfide) groups is 1. The molecule has 0 aliphatic rings. The lowest BCUT2D eigenvalue weighted by molar-refractivity contribution is -0.119. The number of hydrogen-bond acceptors (Lipinski definition) is 3. The Balaban J connectivity index is 3.72. The van der Waals surface area contributed by atoms with Gasteiger partial charge in [-0.3, -0.25) is 4.79 Å². The third kappa shape index (κ3) is 8.75. The number of primary amides is 1. The Hall–Kier alpha value is -0.220. The normalized spacial score (nSPS) is 13.5. The first-order valence-electron chi connectivity index (χ1n) is 5.56. The van der Waals surface area contributed by atoms with Crippen molar-refractivity contribution in [1.82, 2.24) is 5.32 Å². The van der Waals surface area contributed by atoms with Gasteiger partial charge >= 0.3 is 0 Å². The van der Waals surface area contributed by atoms with Gasteiger partial charge in [0, 0.05) is 11.8 Å². The van der Waals surface area contributed by atoms with Crippen LogP contribution in [0.15, 0.2) is 0 Å². The van der Waals surface area contributed by atoms with E-state index in [0.717, 1.165) is 17.4 Å². The third-order valence-electron chi connectivity index (χ3n) is 2.00. The number of hydrogen-bond donors (Lipinski definition) is 2. The zero-order valence-corrected chi connectivity index (χ0v) is 11.1. The Kier molecular flexibility index (Phi) is 7.88. The summed E-state index contributed by atoms with van der Waals surface area (Å²) in [6.45, 7) is 8.46. The molecular formula is C11H24N2OS. The van der Waals surface area contributed by atoms with Crippen LogP contribution < -0.4 is 11.1 Å². The van der Waals surface area contributed by atoms with E-state index in [0.29, 0.717) is 6.04 Å². The number of nitrogens with two attached hydrogens (primary N) is 1. The number of rotatable bonds is 8. The van der Waals surface area contributed by atoms with E-state index >= 15 is 0 Å². The SMILES string of the molecule is CC(C)CCSCC(NC(C)C)C(N)=O. The van der Waals surface area contributed by atoms with Gasteiger partial charge in [-0.15, -0.1) is 0 Å².